The van der Waals surface area contributed by atoms with Gasteiger partial charge in [0.05, 0.1) is 0 Å². The summed E-state index contributed by atoms with van der Waals surface area (Å²) in [4.78, 5) is 2.67. The monoisotopic (exact) mass is 315 g/mol. The molecule has 2 heterocycles. The first-order valence-electron chi connectivity index (χ1n) is 5.77. The number of aryl methyl sites for hydroxylation is 1. The van der Waals surface area contributed by atoms with Gasteiger partial charge in [0.25, 0.3) is 0 Å². The summed E-state index contributed by atoms with van der Waals surface area (Å²) in [5, 5.41) is 0. The molecule has 1 unspecified atom stereocenters. The van der Waals surface area contributed by atoms with Gasteiger partial charge in [-0.05, 0) is 49.9 Å². The Bertz CT molecular complexity index is 337. The van der Waals surface area contributed by atoms with Gasteiger partial charge in [0.1, 0.15) is 0 Å². The Morgan fingerprint density at radius 1 is 1.07 bits per heavy atom. The first-order chi connectivity index (χ1) is 6.95. The van der Waals surface area contributed by atoms with Crippen LogP contribution in [0.15, 0.2) is 24.3 Å². The fourth-order valence-corrected chi connectivity index (χ4v) is 3.01. The maximum absolute atomic E-state index is 2.67. The zero-order valence-corrected chi connectivity index (χ0v) is 11.3. The minimum absolute atomic E-state index is 0. The van der Waals surface area contributed by atoms with Gasteiger partial charge >= 0.3 is 0 Å². The van der Waals surface area contributed by atoms with Crippen molar-refractivity contribution in [2.45, 2.75) is 31.7 Å². The van der Waals surface area contributed by atoms with E-state index in [9.17, 15) is 0 Å². The van der Waals surface area contributed by atoms with E-state index in [1.165, 1.54) is 38.8 Å². The first kappa shape index (κ1) is 11.4. The molecule has 3 rings (SSSR count). The Kier molecular flexibility index (Phi) is 3.67. The molecule has 2 aliphatic heterocycles. The third-order valence-electron chi connectivity index (χ3n) is 3.67. The predicted octanol–water partition coefficient (Wildman–Crippen LogP) is 3.39. The zero-order chi connectivity index (χ0) is 9.38. The summed E-state index contributed by atoms with van der Waals surface area (Å²) in [6.07, 6.45) is 5.38. The van der Waals surface area contributed by atoms with Crippen molar-refractivity contribution >= 4 is 24.0 Å². The van der Waals surface area contributed by atoms with E-state index in [-0.39, 0.29) is 24.0 Å². The van der Waals surface area contributed by atoms with Crippen LogP contribution in [0.5, 0.6) is 0 Å². The largest absolute Gasteiger partial charge is 0.296 e. The van der Waals surface area contributed by atoms with E-state index >= 15 is 0 Å². The van der Waals surface area contributed by atoms with Gasteiger partial charge in [0.15, 0.2) is 0 Å². The van der Waals surface area contributed by atoms with Gasteiger partial charge in [-0.25, -0.2) is 0 Å². The fourth-order valence-electron chi connectivity index (χ4n) is 3.01. The van der Waals surface area contributed by atoms with E-state index in [1.807, 2.05) is 0 Å². The van der Waals surface area contributed by atoms with E-state index in [2.05, 4.69) is 29.2 Å². The molecule has 1 aromatic rings. The Morgan fingerprint density at radius 3 is 2.80 bits per heavy atom. The van der Waals surface area contributed by atoms with E-state index in [0.29, 0.717) is 0 Å². The molecule has 0 bridgehead atoms. The van der Waals surface area contributed by atoms with Crippen LogP contribution in [-0.4, -0.2) is 18.0 Å². The van der Waals surface area contributed by atoms with Crippen LogP contribution >= 0.6 is 24.0 Å². The highest BCUT2D eigenvalue weighted by Crippen LogP contribution is 2.36. The van der Waals surface area contributed by atoms with E-state index < -0.39 is 0 Å². The highest BCUT2D eigenvalue weighted by Gasteiger charge is 2.28. The number of nitrogens with zero attached hydrogens (tertiary/aromatic N) is 1. The predicted molar refractivity (Wildman–Crippen MR) is 73.7 cm³/mol. The Labute approximate surface area is 109 Å². The van der Waals surface area contributed by atoms with Crippen molar-refractivity contribution in [3.63, 3.8) is 0 Å². The van der Waals surface area contributed by atoms with Crippen LogP contribution in [0.1, 0.15) is 36.4 Å². The third-order valence-corrected chi connectivity index (χ3v) is 3.67. The second kappa shape index (κ2) is 4.83. The highest BCUT2D eigenvalue weighted by atomic mass is 127. The first-order valence-corrected chi connectivity index (χ1v) is 5.77. The molecule has 1 nitrogen and oxygen atoms in total. The Morgan fingerprint density at radius 2 is 1.87 bits per heavy atom. The van der Waals surface area contributed by atoms with E-state index in [0.717, 1.165) is 6.04 Å². The molecule has 1 aromatic carbocycles. The summed E-state index contributed by atoms with van der Waals surface area (Å²) < 4.78 is 0. The summed E-state index contributed by atoms with van der Waals surface area (Å²) in [5.74, 6) is 0. The summed E-state index contributed by atoms with van der Waals surface area (Å²) >= 11 is 0. The molecule has 1 saturated heterocycles. The lowest BCUT2D eigenvalue weighted by molar-refractivity contribution is 0.263. The van der Waals surface area contributed by atoms with Crippen LogP contribution in [0.4, 0.5) is 0 Å². The molecule has 0 aromatic heterocycles. The molecule has 0 radical (unpaired) electrons. The maximum atomic E-state index is 2.67. The van der Waals surface area contributed by atoms with Gasteiger partial charge in [-0.15, -0.1) is 24.0 Å². The summed E-state index contributed by atoms with van der Waals surface area (Å²) in [5.41, 5.74) is 3.21. The molecule has 82 valence electrons. The molecule has 0 spiro atoms. The number of hydrogen-bond donors (Lipinski definition) is 0. The molecule has 15 heavy (non-hydrogen) atoms. The van der Waals surface area contributed by atoms with Crippen molar-refractivity contribution in [3.05, 3.63) is 35.4 Å². The highest BCUT2D eigenvalue weighted by molar-refractivity contribution is 14.0. The SMILES string of the molecule is I.c1ccc2c(c1)CCCN1CCCC21. The fraction of sp³-hybridized carbons (Fsp3) is 0.538. The molecule has 2 aliphatic rings. The molecule has 0 saturated carbocycles. The Balaban J connectivity index is 0.000000853. The number of rotatable bonds is 0. The lowest BCUT2D eigenvalue weighted by Crippen LogP contribution is -2.22. The Hall–Kier alpha value is -0.0900. The molecule has 0 aliphatic carbocycles. The van der Waals surface area contributed by atoms with Crippen molar-refractivity contribution in [1.82, 2.24) is 4.90 Å². The smallest absolute Gasteiger partial charge is 0.0351 e. The summed E-state index contributed by atoms with van der Waals surface area (Å²) in [7, 11) is 0. The standard InChI is InChI=1S/C13H17N.HI/c1-2-7-12-11(5-1)6-3-9-14-10-4-8-13(12)14;/h1-2,5,7,13H,3-4,6,8-10H2;1H. The molecule has 0 N–H and O–H groups in total. The van der Waals surface area contributed by atoms with Crippen molar-refractivity contribution in [2.75, 3.05) is 13.1 Å². The average molecular weight is 315 g/mol. The molecule has 2 heteroatoms. The minimum atomic E-state index is 0. The molecular weight excluding hydrogens is 297 g/mol. The van der Waals surface area contributed by atoms with Crippen molar-refractivity contribution in [2.24, 2.45) is 0 Å². The van der Waals surface area contributed by atoms with Crippen LogP contribution in [-0.2, 0) is 6.42 Å². The van der Waals surface area contributed by atoms with E-state index in [1.54, 1.807) is 11.1 Å². The van der Waals surface area contributed by atoms with Crippen molar-refractivity contribution in [1.29, 1.82) is 0 Å². The lowest BCUT2D eigenvalue weighted by Gasteiger charge is -2.22. The normalized spacial score (nSPS) is 24.9. The molecular formula is C13H18IN. The molecule has 0 amide bonds. The van der Waals surface area contributed by atoms with Gasteiger partial charge in [-0.3, -0.25) is 4.90 Å². The number of fused-ring (bicyclic) bond motifs is 3. The number of benzene rings is 1. The van der Waals surface area contributed by atoms with E-state index in [4.69, 9.17) is 0 Å². The van der Waals surface area contributed by atoms with Crippen molar-refractivity contribution in [3.8, 4) is 0 Å². The third kappa shape index (κ3) is 2.07. The van der Waals surface area contributed by atoms with Gasteiger partial charge in [-0.1, -0.05) is 24.3 Å². The van der Waals surface area contributed by atoms with Crippen LogP contribution in [0.25, 0.3) is 0 Å². The number of hydrogen-bond acceptors (Lipinski definition) is 1. The average Bonchev–Trinajstić information content (AvgIpc) is 2.61. The van der Waals surface area contributed by atoms with Crippen LogP contribution in [0, 0.1) is 0 Å². The van der Waals surface area contributed by atoms with Gasteiger partial charge in [0.2, 0.25) is 0 Å². The van der Waals surface area contributed by atoms with Crippen LogP contribution in [0.2, 0.25) is 0 Å². The molecule has 1 atom stereocenters. The topological polar surface area (TPSA) is 3.24 Å². The van der Waals surface area contributed by atoms with Crippen LogP contribution < -0.4 is 0 Å². The quantitative estimate of drug-likeness (QED) is 0.664. The van der Waals surface area contributed by atoms with Crippen LogP contribution in [0.3, 0.4) is 0 Å². The van der Waals surface area contributed by atoms with Gasteiger partial charge < -0.3 is 0 Å². The summed E-state index contributed by atoms with van der Waals surface area (Å²) in [6.45, 7) is 2.62. The lowest BCUT2D eigenvalue weighted by atomic mass is 9.98. The summed E-state index contributed by atoms with van der Waals surface area (Å²) in [6, 6.07) is 9.78. The van der Waals surface area contributed by atoms with Gasteiger partial charge in [0, 0.05) is 6.04 Å². The number of halogens is 1. The zero-order valence-electron chi connectivity index (χ0n) is 8.98. The maximum Gasteiger partial charge on any atom is 0.0351 e. The molecule has 1 fully saturated rings. The minimum Gasteiger partial charge on any atom is -0.296 e. The second-order valence-corrected chi connectivity index (χ2v) is 4.50. The van der Waals surface area contributed by atoms with Gasteiger partial charge in [-0.2, -0.15) is 0 Å². The second-order valence-electron chi connectivity index (χ2n) is 4.50. The van der Waals surface area contributed by atoms with Crippen molar-refractivity contribution < 1.29 is 0 Å².